The molecule has 4 nitrogen and oxygen atoms in total. The van der Waals surface area contributed by atoms with Gasteiger partial charge in [0.1, 0.15) is 5.75 Å². The Morgan fingerprint density at radius 1 is 1.21 bits per heavy atom. The topological polar surface area (TPSA) is 39.9 Å². The zero-order chi connectivity index (χ0) is 13.4. The molecule has 0 spiro atoms. The summed E-state index contributed by atoms with van der Waals surface area (Å²) >= 11 is 2.32. The molecule has 0 fully saturated rings. The number of fused-ring (bicyclic) bond motifs is 1. The smallest absolute Gasteiger partial charge is 0.155 e. The minimum absolute atomic E-state index is 0.810. The summed E-state index contributed by atoms with van der Waals surface area (Å²) in [5.41, 5.74) is 1.89. The summed E-state index contributed by atoms with van der Waals surface area (Å²) in [5.74, 6) is 1.63. The first-order valence-electron chi connectivity index (χ1n) is 5.84. The Morgan fingerprint density at radius 3 is 2.74 bits per heavy atom. The highest BCUT2D eigenvalue weighted by molar-refractivity contribution is 14.1. The van der Waals surface area contributed by atoms with Crippen LogP contribution >= 0.6 is 22.6 Å². The molecule has 1 aromatic carbocycles. The number of nitrogens with zero attached hydrogens (tertiary/aromatic N) is 3. The van der Waals surface area contributed by atoms with E-state index < -0.39 is 0 Å². The van der Waals surface area contributed by atoms with Gasteiger partial charge in [0, 0.05) is 21.2 Å². The van der Waals surface area contributed by atoms with E-state index >= 15 is 0 Å². The lowest BCUT2D eigenvalue weighted by molar-refractivity contribution is 0.415. The van der Waals surface area contributed by atoms with E-state index in [9.17, 15) is 0 Å². The van der Waals surface area contributed by atoms with Crippen LogP contribution in [0.1, 0.15) is 5.69 Å². The number of methoxy groups -OCH3 is 1. The molecule has 0 amide bonds. The first kappa shape index (κ1) is 12.4. The average Bonchev–Trinajstić information content (AvgIpc) is 2.84. The van der Waals surface area contributed by atoms with Crippen LogP contribution in [-0.4, -0.2) is 21.9 Å². The van der Waals surface area contributed by atoms with Crippen LogP contribution in [0.4, 0.5) is 0 Å². The molecular formula is C14H12IN3O. The number of hydrogen-bond donors (Lipinski definition) is 0. The van der Waals surface area contributed by atoms with Gasteiger partial charge in [-0.25, -0.2) is 9.67 Å². The van der Waals surface area contributed by atoms with E-state index in [2.05, 4.69) is 32.7 Å². The molecule has 3 aromatic rings. The first-order chi connectivity index (χ1) is 9.17. The Balaban J connectivity index is 2.22. The van der Waals surface area contributed by atoms with Crippen LogP contribution in [0, 0.1) is 10.5 Å². The number of rotatable bonds is 2. The van der Waals surface area contributed by atoms with Crippen molar-refractivity contribution in [1.82, 2.24) is 14.8 Å². The van der Waals surface area contributed by atoms with Gasteiger partial charge in [0.15, 0.2) is 5.82 Å². The molecule has 2 aromatic heterocycles. The van der Waals surface area contributed by atoms with Crippen LogP contribution in [0.25, 0.3) is 16.7 Å². The minimum atomic E-state index is 0.810. The monoisotopic (exact) mass is 365 g/mol. The maximum Gasteiger partial charge on any atom is 0.155 e. The lowest BCUT2D eigenvalue weighted by Gasteiger charge is -2.07. The van der Waals surface area contributed by atoms with Gasteiger partial charge in [-0.1, -0.05) is 0 Å². The van der Waals surface area contributed by atoms with Gasteiger partial charge >= 0.3 is 0 Å². The number of halogens is 1. The number of hydrogen-bond acceptors (Lipinski definition) is 3. The van der Waals surface area contributed by atoms with Crippen LogP contribution in [0.3, 0.4) is 0 Å². The Kier molecular flexibility index (Phi) is 3.14. The number of benzene rings is 1. The molecule has 0 atom stereocenters. The third kappa shape index (κ3) is 2.30. The van der Waals surface area contributed by atoms with Gasteiger partial charge in [-0.3, -0.25) is 0 Å². The van der Waals surface area contributed by atoms with Gasteiger partial charge in [0.25, 0.3) is 0 Å². The van der Waals surface area contributed by atoms with Crippen molar-refractivity contribution in [2.75, 3.05) is 7.11 Å². The summed E-state index contributed by atoms with van der Waals surface area (Å²) in [5, 5.41) is 5.51. The summed E-state index contributed by atoms with van der Waals surface area (Å²) in [6.45, 7) is 1.96. The molecule has 0 saturated carbocycles. The third-order valence-electron chi connectivity index (χ3n) is 2.91. The second-order valence-electron chi connectivity index (χ2n) is 4.25. The van der Waals surface area contributed by atoms with Crippen molar-refractivity contribution in [3.8, 4) is 11.6 Å². The molecule has 3 rings (SSSR count). The predicted octanol–water partition coefficient (Wildman–Crippen LogP) is 3.34. The van der Waals surface area contributed by atoms with Crippen molar-refractivity contribution < 1.29 is 4.74 Å². The molecule has 5 heteroatoms. The van der Waals surface area contributed by atoms with Crippen molar-refractivity contribution in [1.29, 1.82) is 0 Å². The predicted molar refractivity (Wildman–Crippen MR) is 82.9 cm³/mol. The van der Waals surface area contributed by atoms with Crippen LogP contribution < -0.4 is 4.74 Å². The molecule has 2 heterocycles. The van der Waals surface area contributed by atoms with Gasteiger partial charge in [-0.2, -0.15) is 5.10 Å². The number of aromatic nitrogens is 3. The molecule has 0 N–H and O–H groups in total. The standard InChI is InChI=1S/C14H12IN3O/c1-9-5-6-18(17-9)14-8-12(15)11-4-3-10(19-2)7-13(11)16-14/h3-8H,1-2H3. The zero-order valence-corrected chi connectivity index (χ0v) is 12.7. The molecule has 0 bridgehead atoms. The van der Waals surface area contributed by atoms with Crippen LogP contribution in [0.2, 0.25) is 0 Å². The third-order valence-corrected chi connectivity index (χ3v) is 3.80. The van der Waals surface area contributed by atoms with Crippen molar-refractivity contribution in [3.63, 3.8) is 0 Å². The lowest BCUT2D eigenvalue weighted by Crippen LogP contribution is -2.00. The van der Waals surface area contributed by atoms with Gasteiger partial charge in [-0.05, 0) is 53.8 Å². The maximum absolute atomic E-state index is 5.25. The van der Waals surface area contributed by atoms with Gasteiger partial charge in [-0.15, -0.1) is 0 Å². The number of aryl methyl sites for hydroxylation is 1. The summed E-state index contributed by atoms with van der Waals surface area (Å²) < 4.78 is 8.18. The van der Waals surface area contributed by atoms with E-state index in [4.69, 9.17) is 4.74 Å². The van der Waals surface area contributed by atoms with E-state index in [-0.39, 0.29) is 0 Å². The van der Waals surface area contributed by atoms with Crippen LogP contribution in [0.15, 0.2) is 36.5 Å². The van der Waals surface area contributed by atoms with Crippen molar-refractivity contribution in [2.45, 2.75) is 6.92 Å². The number of pyridine rings is 1. The van der Waals surface area contributed by atoms with Crippen molar-refractivity contribution in [2.24, 2.45) is 0 Å². The van der Waals surface area contributed by atoms with Gasteiger partial charge in [0.05, 0.1) is 18.3 Å². The van der Waals surface area contributed by atoms with E-state index in [1.165, 1.54) is 0 Å². The van der Waals surface area contributed by atoms with Crippen molar-refractivity contribution in [3.05, 3.63) is 45.8 Å². The highest BCUT2D eigenvalue weighted by atomic mass is 127. The molecule has 0 saturated heterocycles. The fourth-order valence-corrected chi connectivity index (χ4v) is 2.67. The summed E-state index contributed by atoms with van der Waals surface area (Å²) in [4.78, 5) is 4.64. The zero-order valence-electron chi connectivity index (χ0n) is 10.6. The second kappa shape index (κ2) is 4.80. The fraction of sp³-hybridized carbons (Fsp3) is 0.143. The Labute approximate surface area is 124 Å². The highest BCUT2D eigenvalue weighted by Gasteiger charge is 2.07. The van der Waals surface area contributed by atoms with Gasteiger partial charge < -0.3 is 4.74 Å². The average molecular weight is 365 g/mol. The molecule has 0 aliphatic rings. The second-order valence-corrected chi connectivity index (χ2v) is 5.41. The molecule has 96 valence electrons. The van der Waals surface area contributed by atoms with E-state index in [0.29, 0.717) is 0 Å². The SMILES string of the molecule is COc1ccc2c(I)cc(-n3ccc(C)n3)nc2c1. The molecule has 0 unspecified atom stereocenters. The van der Waals surface area contributed by atoms with E-state index in [1.54, 1.807) is 11.8 Å². The summed E-state index contributed by atoms with van der Waals surface area (Å²) in [7, 11) is 1.66. The molecule has 0 radical (unpaired) electrons. The van der Waals surface area contributed by atoms with Crippen LogP contribution in [0.5, 0.6) is 5.75 Å². The Morgan fingerprint density at radius 2 is 2.05 bits per heavy atom. The first-order valence-corrected chi connectivity index (χ1v) is 6.92. The highest BCUT2D eigenvalue weighted by Crippen LogP contribution is 2.25. The summed E-state index contributed by atoms with van der Waals surface area (Å²) in [6.07, 6.45) is 1.92. The quantitative estimate of drug-likeness (QED) is 0.654. The molecule has 19 heavy (non-hydrogen) atoms. The normalized spacial score (nSPS) is 10.9. The largest absolute Gasteiger partial charge is 0.497 e. The van der Waals surface area contributed by atoms with Crippen molar-refractivity contribution >= 4 is 33.5 Å². The molecule has 0 aliphatic carbocycles. The summed E-state index contributed by atoms with van der Waals surface area (Å²) in [6, 6.07) is 9.91. The minimum Gasteiger partial charge on any atom is -0.497 e. The fourth-order valence-electron chi connectivity index (χ4n) is 1.94. The van der Waals surface area contributed by atoms with Gasteiger partial charge in [0.2, 0.25) is 0 Å². The Hall–Kier alpha value is -1.63. The lowest BCUT2D eigenvalue weighted by atomic mass is 10.2. The number of ether oxygens (including phenoxy) is 1. The van der Waals surface area contributed by atoms with Crippen LogP contribution in [-0.2, 0) is 0 Å². The Bertz CT molecular complexity index is 752. The molecular weight excluding hydrogens is 353 g/mol. The van der Waals surface area contributed by atoms with E-state index in [1.807, 2.05) is 43.5 Å². The van der Waals surface area contributed by atoms with E-state index in [0.717, 1.165) is 31.7 Å². The molecule has 0 aliphatic heterocycles. The maximum atomic E-state index is 5.25.